The third-order valence-corrected chi connectivity index (χ3v) is 2.92. The summed E-state index contributed by atoms with van der Waals surface area (Å²) in [7, 11) is 0. The van der Waals surface area contributed by atoms with Crippen LogP contribution < -0.4 is 5.32 Å². The van der Waals surface area contributed by atoms with Crippen LogP contribution in [0.5, 0.6) is 0 Å². The first-order chi connectivity index (χ1) is 9.67. The van der Waals surface area contributed by atoms with E-state index < -0.39 is 0 Å². The molecule has 0 radical (unpaired) electrons. The molecule has 0 fully saturated rings. The largest absolute Gasteiger partial charge is 0.360 e. The van der Waals surface area contributed by atoms with Crippen molar-refractivity contribution in [3.8, 4) is 0 Å². The van der Waals surface area contributed by atoms with Gasteiger partial charge in [-0.1, -0.05) is 0 Å². The number of aromatic nitrogens is 4. The highest BCUT2D eigenvalue weighted by Crippen LogP contribution is 2.08. The van der Waals surface area contributed by atoms with E-state index in [1.807, 2.05) is 13.1 Å². The van der Waals surface area contributed by atoms with Gasteiger partial charge in [-0.3, -0.25) is 9.48 Å². The highest BCUT2D eigenvalue weighted by molar-refractivity contribution is 9.10. The maximum absolute atomic E-state index is 11.8. The van der Waals surface area contributed by atoms with Gasteiger partial charge in [-0.05, 0) is 22.9 Å². The summed E-state index contributed by atoms with van der Waals surface area (Å²) in [6.07, 6.45) is 7.20. The van der Waals surface area contributed by atoms with Crippen molar-refractivity contribution in [2.45, 2.75) is 26.6 Å². The Morgan fingerprint density at radius 1 is 1.35 bits per heavy atom. The van der Waals surface area contributed by atoms with Gasteiger partial charge in [-0.15, -0.1) is 0 Å². The Balaban J connectivity index is 1.77. The number of halogens is 1. The number of hydrogen-bond acceptors (Lipinski definition) is 4. The third kappa shape index (κ3) is 4.46. The number of aryl methyl sites for hydroxylation is 1. The Morgan fingerprint density at radius 2 is 2.15 bits per heavy atom. The zero-order chi connectivity index (χ0) is 14.4. The molecule has 2 aromatic rings. The Morgan fingerprint density at radius 3 is 2.85 bits per heavy atom. The van der Waals surface area contributed by atoms with Crippen molar-refractivity contribution >= 4 is 27.5 Å². The molecule has 0 unspecified atom stereocenters. The SMILES string of the molecule is CCOCn1cc(NC(=O)CCn2cc(Br)cn2)cn1. The number of nitrogens with zero attached hydrogens (tertiary/aromatic N) is 4. The molecule has 108 valence electrons. The average Bonchev–Trinajstić information content (AvgIpc) is 3.03. The van der Waals surface area contributed by atoms with Crippen LogP contribution in [-0.4, -0.2) is 32.1 Å². The minimum atomic E-state index is -0.0763. The van der Waals surface area contributed by atoms with E-state index in [0.29, 0.717) is 32.0 Å². The Kier molecular flexibility index (Phi) is 5.31. The fourth-order valence-corrected chi connectivity index (χ4v) is 1.91. The number of hydrogen-bond donors (Lipinski definition) is 1. The van der Waals surface area contributed by atoms with E-state index in [1.54, 1.807) is 28.0 Å². The number of nitrogens with one attached hydrogen (secondary N) is 1. The molecular formula is C12H16BrN5O2. The van der Waals surface area contributed by atoms with Crippen molar-refractivity contribution in [2.24, 2.45) is 0 Å². The predicted octanol–water partition coefficient (Wildman–Crippen LogP) is 1.86. The Bertz CT molecular complexity index is 566. The van der Waals surface area contributed by atoms with Gasteiger partial charge in [-0.25, -0.2) is 4.68 Å². The summed E-state index contributed by atoms with van der Waals surface area (Å²) in [5.74, 6) is -0.0763. The number of carbonyl (C=O) groups excluding carboxylic acids is 1. The smallest absolute Gasteiger partial charge is 0.226 e. The quantitative estimate of drug-likeness (QED) is 0.834. The molecule has 1 N–H and O–H groups in total. The van der Waals surface area contributed by atoms with E-state index in [1.165, 1.54) is 0 Å². The van der Waals surface area contributed by atoms with Crippen molar-refractivity contribution in [2.75, 3.05) is 11.9 Å². The summed E-state index contributed by atoms with van der Waals surface area (Å²) in [6.45, 7) is 3.46. The zero-order valence-corrected chi connectivity index (χ0v) is 12.7. The van der Waals surface area contributed by atoms with Gasteiger partial charge in [0.25, 0.3) is 0 Å². The second kappa shape index (κ2) is 7.20. The van der Waals surface area contributed by atoms with Crippen LogP contribution in [0.1, 0.15) is 13.3 Å². The molecule has 8 heteroatoms. The zero-order valence-electron chi connectivity index (χ0n) is 11.1. The van der Waals surface area contributed by atoms with E-state index >= 15 is 0 Å². The van der Waals surface area contributed by atoms with Gasteiger partial charge < -0.3 is 10.1 Å². The first-order valence-electron chi connectivity index (χ1n) is 6.25. The molecule has 2 heterocycles. The first-order valence-corrected chi connectivity index (χ1v) is 7.04. The van der Waals surface area contributed by atoms with Crippen LogP contribution in [0.4, 0.5) is 5.69 Å². The van der Waals surface area contributed by atoms with Crippen molar-refractivity contribution in [3.05, 3.63) is 29.3 Å². The standard InChI is InChI=1S/C12H16BrN5O2/c1-2-20-9-18-8-11(6-15-18)16-12(19)3-4-17-7-10(13)5-14-17/h5-8H,2-4,9H2,1H3,(H,16,19). The lowest BCUT2D eigenvalue weighted by Gasteiger charge is -2.03. The van der Waals surface area contributed by atoms with Gasteiger partial charge >= 0.3 is 0 Å². The summed E-state index contributed by atoms with van der Waals surface area (Å²) >= 11 is 3.31. The average molecular weight is 342 g/mol. The van der Waals surface area contributed by atoms with E-state index in [2.05, 4.69) is 31.4 Å². The van der Waals surface area contributed by atoms with E-state index in [9.17, 15) is 4.79 Å². The second-order valence-corrected chi connectivity index (χ2v) is 5.03. The maximum atomic E-state index is 11.8. The van der Waals surface area contributed by atoms with Gasteiger partial charge in [0.1, 0.15) is 6.73 Å². The van der Waals surface area contributed by atoms with Gasteiger partial charge in [0.2, 0.25) is 5.91 Å². The summed E-state index contributed by atoms with van der Waals surface area (Å²) in [5, 5.41) is 11.0. The first kappa shape index (κ1) is 14.7. The minimum Gasteiger partial charge on any atom is -0.360 e. The molecule has 7 nitrogen and oxygen atoms in total. The van der Waals surface area contributed by atoms with E-state index in [-0.39, 0.29) is 5.91 Å². The molecule has 2 aromatic heterocycles. The predicted molar refractivity (Wildman–Crippen MR) is 77.0 cm³/mol. The molecular weight excluding hydrogens is 326 g/mol. The van der Waals surface area contributed by atoms with Crippen LogP contribution in [0, 0.1) is 0 Å². The number of rotatable bonds is 7. The lowest BCUT2D eigenvalue weighted by atomic mass is 10.4. The van der Waals surface area contributed by atoms with E-state index in [0.717, 1.165) is 4.47 Å². The second-order valence-electron chi connectivity index (χ2n) is 4.11. The van der Waals surface area contributed by atoms with Gasteiger partial charge in [-0.2, -0.15) is 10.2 Å². The lowest BCUT2D eigenvalue weighted by Crippen LogP contribution is -2.14. The molecule has 0 bridgehead atoms. The number of ether oxygens (including phenoxy) is 1. The van der Waals surface area contributed by atoms with Crippen molar-refractivity contribution in [3.63, 3.8) is 0 Å². The molecule has 20 heavy (non-hydrogen) atoms. The van der Waals surface area contributed by atoms with Gasteiger partial charge in [0.15, 0.2) is 0 Å². The Labute approximate surface area is 125 Å². The molecule has 0 aliphatic rings. The van der Waals surface area contributed by atoms with Crippen LogP contribution in [0.3, 0.4) is 0 Å². The van der Waals surface area contributed by atoms with Crippen molar-refractivity contribution in [1.29, 1.82) is 0 Å². The highest BCUT2D eigenvalue weighted by Gasteiger charge is 2.05. The normalized spacial score (nSPS) is 10.7. The summed E-state index contributed by atoms with van der Waals surface area (Å²) in [6, 6.07) is 0. The van der Waals surface area contributed by atoms with Crippen LogP contribution in [-0.2, 0) is 22.8 Å². The minimum absolute atomic E-state index is 0.0763. The molecule has 0 saturated carbocycles. The van der Waals surface area contributed by atoms with Crippen LogP contribution in [0.15, 0.2) is 29.3 Å². The monoisotopic (exact) mass is 341 g/mol. The summed E-state index contributed by atoms with van der Waals surface area (Å²) in [5.41, 5.74) is 0.663. The van der Waals surface area contributed by atoms with Crippen LogP contribution in [0.2, 0.25) is 0 Å². The lowest BCUT2D eigenvalue weighted by molar-refractivity contribution is -0.116. The highest BCUT2D eigenvalue weighted by atomic mass is 79.9. The number of carbonyl (C=O) groups is 1. The van der Waals surface area contributed by atoms with E-state index in [4.69, 9.17) is 4.74 Å². The molecule has 0 aliphatic heterocycles. The van der Waals surface area contributed by atoms with Crippen LogP contribution in [0.25, 0.3) is 0 Å². The molecule has 1 amide bonds. The fraction of sp³-hybridized carbons (Fsp3) is 0.417. The molecule has 0 aliphatic carbocycles. The molecule has 2 rings (SSSR count). The number of anilines is 1. The molecule has 0 atom stereocenters. The molecule has 0 saturated heterocycles. The van der Waals surface area contributed by atoms with Gasteiger partial charge in [0, 0.05) is 25.8 Å². The molecule has 0 aromatic carbocycles. The third-order valence-electron chi connectivity index (χ3n) is 2.51. The summed E-state index contributed by atoms with van der Waals surface area (Å²) in [4.78, 5) is 11.8. The fourth-order valence-electron chi connectivity index (χ4n) is 1.58. The van der Waals surface area contributed by atoms with Crippen molar-refractivity contribution < 1.29 is 9.53 Å². The topological polar surface area (TPSA) is 74.0 Å². The van der Waals surface area contributed by atoms with Gasteiger partial charge in [0.05, 0.1) is 28.8 Å². The van der Waals surface area contributed by atoms with Crippen molar-refractivity contribution in [1.82, 2.24) is 19.6 Å². The Hall–Kier alpha value is -1.67. The summed E-state index contributed by atoms with van der Waals surface area (Å²) < 4.78 is 9.45. The number of amides is 1. The maximum Gasteiger partial charge on any atom is 0.226 e. The molecule has 0 spiro atoms. The van der Waals surface area contributed by atoms with Crippen LogP contribution >= 0.6 is 15.9 Å².